The normalized spacial score (nSPS) is 15.9. The highest BCUT2D eigenvalue weighted by molar-refractivity contribution is 7.21. The second-order valence-corrected chi connectivity index (χ2v) is 8.90. The average molecular weight is 397 g/mol. The lowest BCUT2D eigenvalue weighted by atomic mass is 9.89. The molecule has 0 radical (unpaired) electrons. The molecular weight excluding hydrogens is 382 g/mol. The summed E-state index contributed by atoms with van der Waals surface area (Å²) < 4.78 is 0.811. The summed E-state index contributed by atoms with van der Waals surface area (Å²) in [5, 5.41) is 24.6. The van der Waals surface area contributed by atoms with E-state index >= 15 is 0 Å². The first-order chi connectivity index (χ1) is 13.0. The Morgan fingerprint density at radius 1 is 1.37 bits per heavy atom. The van der Waals surface area contributed by atoms with Crippen LogP contribution in [-0.4, -0.2) is 10.8 Å². The Kier molecular flexibility index (Phi) is 4.42. The molecule has 0 aliphatic heterocycles. The molecule has 0 saturated carbocycles. The summed E-state index contributed by atoms with van der Waals surface area (Å²) in [6.45, 7) is 2.20. The molecule has 1 aliphatic rings. The van der Waals surface area contributed by atoms with E-state index in [1.807, 2.05) is 0 Å². The maximum absolute atomic E-state index is 12.7. The number of hydrogen-bond acceptors (Lipinski definition) is 6. The van der Waals surface area contributed by atoms with Crippen molar-refractivity contribution < 1.29 is 9.72 Å². The molecule has 0 bridgehead atoms. The molecule has 1 aliphatic carbocycles. The fraction of sp³-hybridized carbons (Fsp3) is 0.263. The van der Waals surface area contributed by atoms with Gasteiger partial charge in [0.15, 0.2) is 0 Å². The van der Waals surface area contributed by atoms with Gasteiger partial charge in [0, 0.05) is 27.1 Å². The number of fused-ring (bicyclic) bond motifs is 2. The average Bonchev–Trinajstić information content (AvgIpc) is 3.21. The van der Waals surface area contributed by atoms with E-state index in [0.717, 1.165) is 29.5 Å². The Bertz CT molecular complexity index is 1120. The van der Waals surface area contributed by atoms with E-state index in [2.05, 4.69) is 18.3 Å². The van der Waals surface area contributed by atoms with Crippen LogP contribution in [0, 0.1) is 27.4 Å². The van der Waals surface area contributed by atoms with Gasteiger partial charge in [-0.2, -0.15) is 5.26 Å². The Labute approximate surface area is 163 Å². The van der Waals surface area contributed by atoms with Gasteiger partial charge in [0.25, 0.3) is 11.6 Å². The van der Waals surface area contributed by atoms with E-state index in [1.54, 1.807) is 12.1 Å². The monoisotopic (exact) mass is 397 g/mol. The summed E-state index contributed by atoms with van der Waals surface area (Å²) in [7, 11) is 0. The number of carbonyl (C=O) groups is 1. The van der Waals surface area contributed by atoms with E-state index < -0.39 is 4.92 Å². The molecule has 0 fully saturated rings. The smallest absolute Gasteiger partial charge is 0.270 e. The second-order valence-electron chi connectivity index (χ2n) is 6.71. The van der Waals surface area contributed by atoms with Gasteiger partial charge in [0.2, 0.25) is 0 Å². The minimum absolute atomic E-state index is 0.000855. The first-order valence-corrected chi connectivity index (χ1v) is 10.1. The zero-order chi connectivity index (χ0) is 19.1. The standard InChI is InChI=1S/C19H15N3O3S2/c1-10-2-4-13-14(9-20)19(27-16(13)6-10)21-18(23)17-8-11-7-12(22(24)25)3-5-15(11)26-17/h3,5,7-8,10H,2,4,6H2,1H3,(H,21,23)/t10-/m0/s1. The van der Waals surface area contributed by atoms with Crippen LogP contribution in [0.4, 0.5) is 10.7 Å². The SMILES string of the molecule is C[C@H]1CCc2c(sc(NC(=O)c3cc4cc([N+](=O)[O-])ccc4s3)c2C#N)C1. The number of thiophene rings is 2. The number of nitro groups is 1. The van der Waals surface area contributed by atoms with Crippen LogP contribution < -0.4 is 5.32 Å². The number of benzene rings is 1. The zero-order valence-corrected chi connectivity index (χ0v) is 16.1. The van der Waals surface area contributed by atoms with Crippen LogP contribution in [0.1, 0.15) is 39.0 Å². The van der Waals surface area contributed by atoms with E-state index in [9.17, 15) is 20.2 Å². The Morgan fingerprint density at radius 2 is 2.19 bits per heavy atom. The summed E-state index contributed by atoms with van der Waals surface area (Å²) in [4.78, 5) is 24.8. The van der Waals surface area contributed by atoms with E-state index in [-0.39, 0.29) is 11.6 Å². The van der Waals surface area contributed by atoms with Gasteiger partial charge in [0.1, 0.15) is 11.1 Å². The molecule has 3 aromatic rings. The molecule has 27 heavy (non-hydrogen) atoms. The number of nitrogens with one attached hydrogen (secondary N) is 1. The number of anilines is 1. The number of hydrogen-bond donors (Lipinski definition) is 1. The number of non-ortho nitro benzene ring substituents is 1. The third-order valence-corrected chi connectivity index (χ3v) is 7.07. The van der Waals surface area contributed by atoms with Crippen molar-refractivity contribution in [2.75, 3.05) is 5.32 Å². The fourth-order valence-corrected chi connectivity index (χ4v) is 5.67. The lowest BCUT2D eigenvalue weighted by Gasteiger charge is -2.17. The minimum atomic E-state index is -0.451. The molecular formula is C19H15N3O3S2. The second kappa shape index (κ2) is 6.76. The van der Waals surface area contributed by atoms with Crippen molar-refractivity contribution in [3.05, 3.63) is 55.3 Å². The van der Waals surface area contributed by atoms with Gasteiger partial charge in [-0.25, -0.2) is 0 Å². The van der Waals surface area contributed by atoms with Crippen molar-refractivity contribution in [2.24, 2.45) is 5.92 Å². The molecule has 1 aromatic carbocycles. The molecule has 0 saturated heterocycles. The summed E-state index contributed by atoms with van der Waals surface area (Å²) in [5.74, 6) is 0.298. The summed E-state index contributed by atoms with van der Waals surface area (Å²) in [6, 6.07) is 8.46. The lowest BCUT2D eigenvalue weighted by molar-refractivity contribution is -0.384. The van der Waals surface area contributed by atoms with Crippen LogP contribution in [0.25, 0.3) is 10.1 Å². The van der Waals surface area contributed by atoms with Crippen molar-refractivity contribution in [3.63, 3.8) is 0 Å². The Balaban J connectivity index is 1.64. The number of amides is 1. The molecule has 4 rings (SSSR count). The highest BCUT2D eigenvalue weighted by Crippen LogP contribution is 2.39. The fourth-order valence-electron chi connectivity index (χ4n) is 3.38. The van der Waals surface area contributed by atoms with Gasteiger partial charge in [-0.3, -0.25) is 14.9 Å². The maximum atomic E-state index is 12.7. The van der Waals surface area contributed by atoms with Crippen LogP contribution >= 0.6 is 22.7 Å². The van der Waals surface area contributed by atoms with Crippen molar-refractivity contribution in [1.82, 2.24) is 0 Å². The highest BCUT2D eigenvalue weighted by Gasteiger charge is 2.25. The van der Waals surface area contributed by atoms with Crippen molar-refractivity contribution in [2.45, 2.75) is 26.2 Å². The summed E-state index contributed by atoms with van der Waals surface area (Å²) >= 11 is 2.77. The van der Waals surface area contributed by atoms with Gasteiger partial charge < -0.3 is 5.32 Å². The van der Waals surface area contributed by atoms with Crippen LogP contribution in [0.15, 0.2) is 24.3 Å². The first-order valence-electron chi connectivity index (χ1n) is 8.50. The molecule has 0 unspecified atom stereocenters. The van der Waals surface area contributed by atoms with Crippen molar-refractivity contribution in [3.8, 4) is 6.07 Å². The van der Waals surface area contributed by atoms with Crippen LogP contribution in [0.5, 0.6) is 0 Å². The zero-order valence-electron chi connectivity index (χ0n) is 14.4. The number of nitro benzene ring substituents is 1. The molecule has 1 N–H and O–H groups in total. The van der Waals surface area contributed by atoms with Crippen molar-refractivity contribution in [1.29, 1.82) is 5.26 Å². The highest BCUT2D eigenvalue weighted by atomic mass is 32.1. The Hall–Kier alpha value is -2.76. The Morgan fingerprint density at radius 3 is 2.93 bits per heavy atom. The predicted molar refractivity (Wildman–Crippen MR) is 107 cm³/mol. The third kappa shape index (κ3) is 3.20. The van der Waals surface area contributed by atoms with E-state index in [1.165, 1.54) is 39.7 Å². The van der Waals surface area contributed by atoms with Crippen LogP contribution in [0.3, 0.4) is 0 Å². The predicted octanol–water partition coefficient (Wildman–Crippen LogP) is 5.12. The maximum Gasteiger partial charge on any atom is 0.270 e. The minimum Gasteiger partial charge on any atom is -0.312 e. The molecule has 1 amide bonds. The summed E-state index contributed by atoms with van der Waals surface area (Å²) in [5.41, 5.74) is 1.65. The number of nitrogens with zero attached hydrogens (tertiary/aromatic N) is 2. The van der Waals surface area contributed by atoms with Crippen LogP contribution in [0.2, 0.25) is 0 Å². The quantitative estimate of drug-likeness (QED) is 0.490. The summed E-state index contributed by atoms with van der Waals surface area (Å²) in [6.07, 6.45) is 2.87. The molecule has 8 heteroatoms. The van der Waals surface area contributed by atoms with Gasteiger partial charge in [0.05, 0.1) is 15.4 Å². The molecule has 1 atom stereocenters. The third-order valence-electron chi connectivity index (χ3n) is 4.79. The van der Waals surface area contributed by atoms with Crippen molar-refractivity contribution >= 4 is 49.4 Å². The van der Waals surface area contributed by atoms with Gasteiger partial charge >= 0.3 is 0 Å². The van der Waals surface area contributed by atoms with Gasteiger partial charge in [-0.1, -0.05) is 6.92 Å². The van der Waals surface area contributed by atoms with Gasteiger partial charge in [-0.05, 0) is 42.9 Å². The number of rotatable bonds is 3. The number of carbonyl (C=O) groups excluding carboxylic acids is 1. The lowest BCUT2D eigenvalue weighted by Crippen LogP contribution is -2.11. The van der Waals surface area contributed by atoms with E-state index in [0.29, 0.717) is 26.7 Å². The number of nitriles is 1. The molecule has 0 spiro atoms. The van der Waals surface area contributed by atoms with E-state index in [4.69, 9.17) is 0 Å². The topological polar surface area (TPSA) is 96.0 Å². The largest absolute Gasteiger partial charge is 0.312 e. The van der Waals surface area contributed by atoms with Gasteiger partial charge in [-0.15, -0.1) is 22.7 Å². The molecule has 2 aromatic heterocycles. The molecule has 136 valence electrons. The first kappa shape index (κ1) is 17.6. The van der Waals surface area contributed by atoms with Crippen LogP contribution in [-0.2, 0) is 12.8 Å². The molecule has 6 nitrogen and oxygen atoms in total. The molecule has 2 heterocycles.